The number of carbonyl (C=O) groups excluding carboxylic acids is 2. The summed E-state index contributed by atoms with van der Waals surface area (Å²) < 4.78 is 17.3. The van der Waals surface area contributed by atoms with Crippen molar-refractivity contribution in [3.05, 3.63) is 23.3 Å². The van der Waals surface area contributed by atoms with Gasteiger partial charge in [-0.15, -0.1) is 0 Å². The molecule has 1 aromatic carbocycles. The fourth-order valence-electron chi connectivity index (χ4n) is 4.85. The van der Waals surface area contributed by atoms with Crippen molar-refractivity contribution in [3.63, 3.8) is 0 Å². The van der Waals surface area contributed by atoms with Crippen molar-refractivity contribution in [3.8, 4) is 11.5 Å². The molecule has 2 fully saturated rings. The lowest BCUT2D eigenvalue weighted by molar-refractivity contribution is -0.141. The van der Waals surface area contributed by atoms with Crippen LogP contribution in [0.3, 0.4) is 0 Å². The molecule has 3 aliphatic heterocycles. The van der Waals surface area contributed by atoms with Crippen LogP contribution in [0.15, 0.2) is 12.1 Å². The molecule has 3 heterocycles. The summed E-state index contributed by atoms with van der Waals surface area (Å²) >= 11 is 0. The molecule has 29 heavy (non-hydrogen) atoms. The molecule has 1 aromatic rings. The fraction of sp³-hybridized carbons (Fsp3) is 0.636. The van der Waals surface area contributed by atoms with Gasteiger partial charge in [-0.25, -0.2) is 0 Å². The van der Waals surface area contributed by atoms with Crippen LogP contribution in [0, 0.1) is 0 Å². The quantitative estimate of drug-likeness (QED) is 0.755. The Hall–Kier alpha value is -2.28. The Morgan fingerprint density at radius 1 is 1.10 bits per heavy atom. The molecule has 0 saturated carbocycles. The van der Waals surface area contributed by atoms with E-state index < -0.39 is 0 Å². The first-order valence-electron chi connectivity index (χ1n) is 10.5. The van der Waals surface area contributed by atoms with Crippen LogP contribution in [-0.2, 0) is 26.3 Å². The molecule has 0 radical (unpaired) electrons. The molecule has 0 unspecified atom stereocenters. The zero-order chi connectivity index (χ0) is 20.4. The van der Waals surface area contributed by atoms with Gasteiger partial charge < -0.3 is 24.0 Å². The summed E-state index contributed by atoms with van der Waals surface area (Å²) in [5.74, 6) is 1.76. The third-order valence-electron chi connectivity index (χ3n) is 6.54. The molecule has 0 N–H and O–H groups in total. The first kappa shape index (κ1) is 20.0. The molecular weight excluding hydrogens is 372 g/mol. The van der Waals surface area contributed by atoms with E-state index in [2.05, 4.69) is 6.07 Å². The second-order valence-electron chi connectivity index (χ2n) is 8.07. The summed E-state index contributed by atoms with van der Waals surface area (Å²) in [5.41, 5.74) is 2.03. The first-order valence-corrected chi connectivity index (χ1v) is 10.5. The number of benzene rings is 1. The van der Waals surface area contributed by atoms with Crippen molar-refractivity contribution >= 4 is 11.8 Å². The number of rotatable bonds is 5. The second-order valence-corrected chi connectivity index (χ2v) is 8.07. The molecule has 0 aromatic heterocycles. The standard InChI is InChI=1S/C22H30N2O5/c1-27-18-14-16-6-13-29-22(17(16)15-19(18)28-2)7-11-24(12-8-22)21(26)5-10-23-9-3-4-20(23)25/h14-15H,3-13H2,1-2H3. The van der Waals surface area contributed by atoms with Crippen molar-refractivity contribution < 1.29 is 23.8 Å². The van der Waals surface area contributed by atoms with Crippen LogP contribution in [0.2, 0.25) is 0 Å². The Morgan fingerprint density at radius 2 is 1.83 bits per heavy atom. The predicted octanol–water partition coefficient (Wildman–Crippen LogP) is 2.11. The van der Waals surface area contributed by atoms with Gasteiger partial charge in [0.1, 0.15) is 0 Å². The minimum atomic E-state index is -0.366. The van der Waals surface area contributed by atoms with Gasteiger partial charge >= 0.3 is 0 Å². The van der Waals surface area contributed by atoms with Crippen LogP contribution >= 0.6 is 0 Å². The number of fused-ring (bicyclic) bond motifs is 2. The summed E-state index contributed by atoms with van der Waals surface area (Å²) in [4.78, 5) is 28.1. The lowest BCUT2D eigenvalue weighted by Crippen LogP contribution is -2.48. The highest BCUT2D eigenvalue weighted by Crippen LogP contribution is 2.45. The number of methoxy groups -OCH3 is 2. The first-order chi connectivity index (χ1) is 14.1. The minimum absolute atomic E-state index is 0.128. The van der Waals surface area contributed by atoms with E-state index in [1.165, 1.54) is 5.56 Å². The van der Waals surface area contributed by atoms with Crippen molar-refractivity contribution in [2.24, 2.45) is 0 Å². The molecule has 7 heteroatoms. The fourth-order valence-corrected chi connectivity index (χ4v) is 4.85. The molecule has 2 saturated heterocycles. The van der Waals surface area contributed by atoms with E-state index in [0.717, 1.165) is 43.5 Å². The van der Waals surface area contributed by atoms with E-state index in [1.54, 1.807) is 14.2 Å². The number of ether oxygens (including phenoxy) is 3. The van der Waals surface area contributed by atoms with E-state index in [-0.39, 0.29) is 17.4 Å². The van der Waals surface area contributed by atoms with Crippen LogP contribution in [-0.4, -0.2) is 68.6 Å². The predicted molar refractivity (Wildman–Crippen MR) is 107 cm³/mol. The molecule has 1 spiro atoms. The zero-order valence-corrected chi connectivity index (χ0v) is 17.4. The van der Waals surface area contributed by atoms with Gasteiger partial charge in [0, 0.05) is 39.0 Å². The average Bonchev–Trinajstić information content (AvgIpc) is 3.16. The van der Waals surface area contributed by atoms with Crippen molar-refractivity contribution in [1.82, 2.24) is 9.80 Å². The molecular formula is C22H30N2O5. The maximum Gasteiger partial charge on any atom is 0.224 e. The average molecular weight is 402 g/mol. The highest BCUT2D eigenvalue weighted by atomic mass is 16.5. The summed E-state index contributed by atoms with van der Waals surface area (Å²) in [6.07, 6.45) is 4.31. The SMILES string of the molecule is COc1cc2c(cc1OC)C1(CCN(C(=O)CCN3CCCC3=O)CC1)OCC2. The van der Waals surface area contributed by atoms with Gasteiger partial charge in [0.2, 0.25) is 11.8 Å². The van der Waals surface area contributed by atoms with Gasteiger partial charge in [0.25, 0.3) is 0 Å². The molecule has 158 valence electrons. The highest BCUT2D eigenvalue weighted by molar-refractivity contribution is 5.80. The number of amides is 2. The minimum Gasteiger partial charge on any atom is -0.493 e. The number of nitrogens with zero attached hydrogens (tertiary/aromatic N) is 2. The van der Waals surface area contributed by atoms with Crippen molar-refractivity contribution in [1.29, 1.82) is 0 Å². The topological polar surface area (TPSA) is 68.3 Å². The third-order valence-corrected chi connectivity index (χ3v) is 6.54. The molecule has 3 aliphatic rings. The summed E-state index contributed by atoms with van der Waals surface area (Å²) in [6.45, 7) is 3.33. The maximum absolute atomic E-state index is 12.7. The molecule has 0 aliphatic carbocycles. The summed E-state index contributed by atoms with van der Waals surface area (Å²) in [6, 6.07) is 4.10. The van der Waals surface area contributed by atoms with E-state index in [0.29, 0.717) is 44.8 Å². The number of likely N-dealkylation sites (tertiary alicyclic amines) is 2. The largest absolute Gasteiger partial charge is 0.493 e. The van der Waals surface area contributed by atoms with Gasteiger partial charge in [-0.05, 0) is 48.9 Å². The summed E-state index contributed by atoms with van der Waals surface area (Å²) in [5, 5.41) is 0. The number of hydrogen-bond donors (Lipinski definition) is 0. The zero-order valence-electron chi connectivity index (χ0n) is 17.4. The number of hydrogen-bond acceptors (Lipinski definition) is 5. The second kappa shape index (κ2) is 8.22. The lowest BCUT2D eigenvalue weighted by Gasteiger charge is -2.45. The monoisotopic (exact) mass is 402 g/mol. The van der Waals surface area contributed by atoms with E-state index in [1.807, 2.05) is 15.9 Å². The molecule has 2 amide bonds. The van der Waals surface area contributed by atoms with E-state index >= 15 is 0 Å². The van der Waals surface area contributed by atoms with Gasteiger partial charge in [-0.1, -0.05) is 0 Å². The molecule has 0 atom stereocenters. The van der Waals surface area contributed by atoms with Crippen molar-refractivity contribution in [2.75, 3.05) is 47.0 Å². The summed E-state index contributed by atoms with van der Waals surface area (Å²) in [7, 11) is 3.30. The van der Waals surface area contributed by atoms with Gasteiger partial charge in [-0.2, -0.15) is 0 Å². The highest BCUT2D eigenvalue weighted by Gasteiger charge is 2.42. The maximum atomic E-state index is 12.7. The third kappa shape index (κ3) is 3.80. The van der Waals surface area contributed by atoms with Gasteiger partial charge in [-0.3, -0.25) is 9.59 Å². The van der Waals surface area contributed by atoms with Gasteiger partial charge in [0.05, 0.1) is 26.4 Å². The Morgan fingerprint density at radius 3 is 2.48 bits per heavy atom. The lowest BCUT2D eigenvalue weighted by atomic mass is 9.79. The van der Waals surface area contributed by atoms with E-state index in [9.17, 15) is 9.59 Å². The van der Waals surface area contributed by atoms with Crippen LogP contribution in [0.5, 0.6) is 11.5 Å². The van der Waals surface area contributed by atoms with Crippen LogP contribution < -0.4 is 9.47 Å². The van der Waals surface area contributed by atoms with Crippen LogP contribution in [0.25, 0.3) is 0 Å². The molecule has 7 nitrogen and oxygen atoms in total. The molecule has 4 rings (SSSR count). The smallest absolute Gasteiger partial charge is 0.224 e. The van der Waals surface area contributed by atoms with E-state index in [4.69, 9.17) is 14.2 Å². The van der Waals surface area contributed by atoms with Crippen LogP contribution in [0.1, 0.15) is 43.2 Å². The van der Waals surface area contributed by atoms with Gasteiger partial charge in [0.15, 0.2) is 11.5 Å². The number of piperidine rings is 1. The Balaban J connectivity index is 1.42. The Kier molecular flexibility index (Phi) is 5.67. The molecule has 0 bridgehead atoms. The normalized spacial score (nSPS) is 20.7. The van der Waals surface area contributed by atoms with Crippen LogP contribution in [0.4, 0.5) is 0 Å². The Bertz CT molecular complexity index is 786. The number of carbonyl (C=O) groups is 2. The Labute approximate surface area is 171 Å². The van der Waals surface area contributed by atoms with Crippen molar-refractivity contribution in [2.45, 2.75) is 44.1 Å².